The molecule has 2 heterocycles. The van der Waals surface area contributed by atoms with Gasteiger partial charge in [0.1, 0.15) is 5.92 Å². The molecular weight excluding hydrogens is 258 g/mol. The van der Waals surface area contributed by atoms with Crippen LogP contribution in [0.5, 0.6) is 0 Å². The zero-order chi connectivity index (χ0) is 14.7. The molecule has 112 valence electrons. The quantitative estimate of drug-likeness (QED) is 0.550. The maximum atomic E-state index is 12.3. The van der Waals surface area contributed by atoms with Gasteiger partial charge in [0, 0.05) is 6.04 Å². The standard InChI is InChI=1S/C15H23NO4/c1-3-4-5-6-9(2)16-14(17)12-10-7-8-11(20-10)13(12)15(18)19/h7-13H,3-6H2,1-2H3,(H,16,17)(H,18,19)/t9-,10-,11+,12+,13-/m0/s1. The average molecular weight is 281 g/mol. The summed E-state index contributed by atoms with van der Waals surface area (Å²) in [7, 11) is 0. The molecule has 0 aromatic heterocycles. The number of hydrogen-bond donors (Lipinski definition) is 2. The third-order valence-electron chi connectivity index (χ3n) is 4.12. The molecule has 1 fully saturated rings. The van der Waals surface area contributed by atoms with Crippen molar-refractivity contribution in [1.82, 2.24) is 5.32 Å². The fourth-order valence-electron chi connectivity index (χ4n) is 3.03. The first-order chi connectivity index (χ1) is 9.54. The molecule has 2 aliphatic rings. The van der Waals surface area contributed by atoms with Crippen molar-refractivity contribution in [2.24, 2.45) is 11.8 Å². The van der Waals surface area contributed by atoms with Crippen LogP contribution in [-0.4, -0.2) is 35.2 Å². The number of rotatable bonds is 7. The number of carboxylic acid groups (broad SMARTS) is 1. The predicted octanol–water partition coefficient (Wildman–Crippen LogP) is 1.73. The molecule has 1 amide bonds. The molecule has 0 spiro atoms. The van der Waals surface area contributed by atoms with E-state index in [1.807, 2.05) is 6.92 Å². The first-order valence-corrected chi connectivity index (χ1v) is 7.41. The number of carboxylic acids is 1. The number of aliphatic carboxylic acids is 1. The summed E-state index contributed by atoms with van der Waals surface area (Å²) in [4.78, 5) is 23.6. The number of amides is 1. The summed E-state index contributed by atoms with van der Waals surface area (Å²) in [6.07, 6.45) is 7.01. The highest BCUT2D eigenvalue weighted by Crippen LogP contribution is 2.39. The molecule has 0 unspecified atom stereocenters. The maximum Gasteiger partial charge on any atom is 0.310 e. The number of unbranched alkanes of at least 4 members (excludes halogenated alkanes) is 2. The van der Waals surface area contributed by atoms with Gasteiger partial charge in [0.05, 0.1) is 18.1 Å². The number of hydrogen-bond acceptors (Lipinski definition) is 3. The van der Waals surface area contributed by atoms with Gasteiger partial charge >= 0.3 is 5.97 Å². The van der Waals surface area contributed by atoms with Crippen LogP contribution in [0, 0.1) is 11.8 Å². The molecule has 20 heavy (non-hydrogen) atoms. The molecule has 2 aliphatic heterocycles. The Morgan fingerprint density at radius 1 is 1.25 bits per heavy atom. The Balaban J connectivity index is 1.91. The smallest absolute Gasteiger partial charge is 0.310 e. The number of carbonyl (C=O) groups excluding carboxylic acids is 1. The van der Waals surface area contributed by atoms with Crippen molar-refractivity contribution in [3.05, 3.63) is 12.2 Å². The van der Waals surface area contributed by atoms with Crippen molar-refractivity contribution < 1.29 is 19.4 Å². The average Bonchev–Trinajstić information content (AvgIpc) is 2.98. The molecule has 1 saturated heterocycles. The molecule has 2 N–H and O–H groups in total. The van der Waals surface area contributed by atoms with Crippen LogP contribution >= 0.6 is 0 Å². The van der Waals surface area contributed by atoms with Crippen molar-refractivity contribution in [2.75, 3.05) is 0 Å². The Bertz CT molecular complexity index is 407. The first-order valence-electron chi connectivity index (χ1n) is 7.41. The van der Waals surface area contributed by atoms with Gasteiger partial charge in [0.25, 0.3) is 0 Å². The van der Waals surface area contributed by atoms with Crippen molar-refractivity contribution in [3.8, 4) is 0 Å². The highest BCUT2D eigenvalue weighted by Gasteiger charge is 2.53. The zero-order valence-electron chi connectivity index (χ0n) is 12.0. The minimum Gasteiger partial charge on any atom is -0.481 e. The van der Waals surface area contributed by atoms with Crippen LogP contribution < -0.4 is 5.32 Å². The number of nitrogens with one attached hydrogen (secondary N) is 1. The summed E-state index contributed by atoms with van der Waals surface area (Å²) in [6.45, 7) is 4.10. The van der Waals surface area contributed by atoms with Gasteiger partial charge in [0.2, 0.25) is 5.91 Å². The Kier molecular flexibility index (Phi) is 4.81. The SMILES string of the molecule is CCCCC[C@H](C)NC(=O)[C@H]1[C@@H](C(=O)O)[C@H]2C=C[C@@H]1O2. The molecule has 0 aliphatic carbocycles. The molecule has 5 atom stereocenters. The van der Waals surface area contributed by atoms with Gasteiger partial charge in [-0.1, -0.05) is 38.3 Å². The van der Waals surface area contributed by atoms with E-state index in [2.05, 4.69) is 12.2 Å². The molecular formula is C15H23NO4. The number of carbonyl (C=O) groups is 2. The van der Waals surface area contributed by atoms with Crippen molar-refractivity contribution in [1.29, 1.82) is 0 Å². The Hall–Kier alpha value is -1.36. The summed E-state index contributed by atoms with van der Waals surface area (Å²) in [5.74, 6) is -2.51. The molecule has 5 heteroatoms. The number of ether oxygens (including phenoxy) is 1. The fraction of sp³-hybridized carbons (Fsp3) is 0.733. The summed E-state index contributed by atoms with van der Waals surface area (Å²) < 4.78 is 5.51. The molecule has 0 aromatic carbocycles. The molecule has 2 rings (SSSR count). The molecule has 5 nitrogen and oxygen atoms in total. The van der Waals surface area contributed by atoms with E-state index in [4.69, 9.17) is 4.74 Å². The Labute approximate surface area is 119 Å². The lowest BCUT2D eigenvalue weighted by atomic mass is 9.82. The van der Waals surface area contributed by atoms with Crippen LogP contribution in [0.3, 0.4) is 0 Å². The lowest BCUT2D eigenvalue weighted by Gasteiger charge is -2.23. The fourth-order valence-corrected chi connectivity index (χ4v) is 3.03. The van der Waals surface area contributed by atoms with Gasteiger partial charge in [0.15, 0.2) is 0 Å². The third-order valence-corrected chi connectivity index (χ3v) is 4.12. The number of fused-ring (bicyclic) bond motifs is 2. The van der Waals surface area contributed by atoms with Gasteiger partial charge in [-0.25, -0.2) is 0 Å². The molecule has 0 aromatic rings. The van der Waals surface area contributed by atoms with E-state index in [9.17, 15) is 14.7 Å². The monoisotopic (exact) mass is 281 g/mol. The van der Waals surface area contributed by atoms with Crippen LogP contribution in [0.15, 0.2) is 12.2 Å². The summed E-state index contributed by atoms with van der Waals surface area (Å²) in [6, 6.07) is 0.0756. The lowest BCUT2D eigenvalue weighted by Crippen LogP contribution is -2.45. The Morgan fingerprint density at radius 3 is 2.50 bits per heavy atom. The van der Waals surface area contributed by atoms with Crippen molar-refractivity contribution in [2.45, 2.75) is 57.8 Å². The first kappa shape index (κ1) is 15.0. The summed E-state index contributed by atoms with van der Waals surface area (Å²) in [5.41, 5.74) is 0. The second-order valence-electron chi connectivity index (χ2n) is 5.75. The second-order valence-corrected chi connectivity index (χ2v) is 5.75. The minimum atomic E-state index is -0.958. The lowest BCUT2D eigenvalue weighted by molar-refractivity contribution is -0.146. The van der Waals surface area contributed by atoms with E-state index >= 15 is 0 Å². The van der Waals surface area contributed by atoms with Gasteiger partial charge in [-0.05, 0) is 13.3 Å². The topological polar surface area (TPSA) is 75.6 Å². The van der Waals surface area contributed by atoms with E-state index in [1.54, 1.807) is 12.2 Å². The van der Waals surface area contributed by atoms with Crippen LogP contribution in [0.1, 0.15) is 39.5 Å². The summed E-state index contributed by atoms with van der Waals surface area (Å²) in [5, 5.41) is 12.2. The van der Waals surface area contributed by atoms with E-state index in [-0.39, 0.29) is 18.1 Å². The van der Waals surface area contributed by atoms with E-state index in [0.717, 1.165) is 25.7 Å². The third kappa shape index (κ3) is 3.03. The van der Waals surface area contributed by atoms with Gasteiger partial charge in [-0.15, -0.1) is 0 Å². The normalized spacial score (nSPS) is 32.3. The van der Waals surface area contributed by atoms with Crippen LogP contribution in [-0.2, 0) is 14.3 Å². The van der Waals surface area contributed by atoms with E-state index < -0.39 is 23.9 Å². The summed E-state index contributed by atoms with van der Waals surface area (Å²) >= 11 is 0. The maximum absolute atomic E-state index is 12.3. The van der Waals surface area contributed by atoms with Crippen LogP contribution in [0.4, 0.5) is 0 Å². The van der Waals surface area contributed by atoms with Crippen molar-refractivity contribution >= 4 is 11.9 Å². The van der Waals surface area contributed by atoms with Gasteiger partial charge in [-0.3, -0.25) is 9.59 Å². The molecule has 0 saturated carbocycles. The molecule has 0 radical (unpaired) electrons. The zero-order valence-corrected chi connectivity index (χ0v) is 12.0. The second kappa shape index (κ2) is 6.39. The minimum absolute atomic E-state index is 0.0756. The predicted molar refractivity (Wildman–Crippen MR) is 74.2 cm³/mol. The van der Waals surface area contributed by atoms with E-state index in [1.165, 1.54) is 0 Å². The highest BCUT2D eigenvalue weighted by molar-refractivity contribution is 5.87. The van der Waals surface area contributed by atoms with Crippen molar-refractivity contribution in [3.63, 3.8) is 0 Å². The van der Waals surface area contributed by atoms with Crippen LogP contribution in [0.25, 0.3) is 0 Å². The van der Waals surface area contributed by atoms with Crippen LogP contribution in [0.2, 0.25) is 0 Å². The highest BCUT2D eigenvalue weighted by atomic mass is 16.5. The molecule has 2 bridgehead atoms. The van der Waals surface area contributed by atoms with Gasteiger partial charge in [-0.2, -0.15) is 0 Å². The largest absolute Gasteiger partial charge is 0.481 e. The van der Waals surface area contributed by atoms with E-state index in [0.29, 0.717) is 0 Å². The van der Waals surface area contributed by atoms with Gasteiger partial charge < -0.3 is 15.2 Å². The Morgan fingerprint density at radius 2 is 1.90 bits per heavy atom.